The van der Waals surface area contributed by atoms with Crippen molar-refractivity contribution >= 4 is 15.7 Å². The molecule has 0 radical (unpaired) electrons. The highest BCUT2D eigenvalue weighted by Gasteiger charge is 2.50. The number of aromatic nitrogens is 1. The lowest BCUT2D eigenvalue weighted by molar-refractivity contribution is 0.174. The maximum absolute atomic E-state index is 12.3. The van der Waals surface area contributed by atoms with Gasteiger partial charge in [0.05, 0.1) is 17.6 Å². The highest BCUT2D eigenvalue weighted by Crippen LogP contribution is 2.46. The lowest BCUT2D eigenvalue weighted by Crippen LogP contribution is -2.38. The third-order valence-corrected chi connectivity index (χ3v) is 6.81. The lowest BCUT2D eigenvalue weighted by atomic mass is 9.85. The van der Waals surface area contributed by atoms with Gasteiger partial charge in [-0.3, -0.25) is 14.2 Å². The summed E-state index contributed by atoms with van der Waals surface area (Å²) in [5.74, 6) is 1.58. The summed E-state index contributed by atoms with van der Waals surface area (Å²) in [7, 11) is -3.32. The molecule has 0 saturated carbocycles. The molecule has 3 aliphatic heterocycles. The van der Waals surface area contributed by atoms with Crippen LogP contribution in [0, 0.1) is 0 Å². The van der Waals surface area contributed by atoms with Crippen molar-refractivity contribution < 1.29 is 17.9 Å². The normalized spacial score (nSPS) is 24.0. The van der Waals surface area contributed by atoms with Crippen LogP contribution in [0.1, 0.15) is 17.7 Å². The average Bonchev–Trinajstić information content (AvgIpc) is 3.33. The Hall–Kier alpha value is -2.32. The smallest absolute Gasteiger partial charge is 0.232 e. The molecule has 8 heteroatoms. The molecule has 0 unspecified atom stereocenters. The maximum Gasteiger partial charge on any atom is 0.232 e. The van der Waals surface area contributed by atoms with Crippen LogP contribution in [-0.2, 0) is 22.0 Å². The van der Waals surface area contributed by atoms with Gasteiger partial charge >= 0.3 is 0 Å². The molecule has 0 bridgehead atoms. The zero-order valence-corrected chi connectivity index (χ0v) is 15.9. The first-order valence-corrected chi connectivity index (χ1v) is 10.8. The van der Waals surface area contributed by atoms with E-state index in [1.165, 1.54) is 10.6 Å². The van der Waals surface area contributed by atoms with Crippen LogP contribution >= 0.6 is 0 Å². The Balaban J connectivity index is 1.40. The Morgan fingerprint density at radius 1 is 1.19 bits per heavy atom. The zero-order valence-electron chi connectivity index (χ0n) is 15.1. The van der Waals surface area contributed by atoms with Crippen molar-refractivity contribution in [3.63, 3.8) is 0 Å². The molecule has 142 valence electrons. The highest BCUT2D eigenvalue weighted by molar-refractivity contribution is 7.92. The predicted molar refractivity (Wildman–Crippen MR) is 101 cm³/mol. The Morgan fingerprint density at radius 3 is 2.89 bits per heavy atom. The van der Waals surface area contributed by atoms with E-state index < -0.39 is 10.0 Å². The number of benzene rings is 1. The van der Waals surface area contributed by atoms with Crippen LogP contribution in [-0.4, -0.2) is 51.0 Å². The molecule has 1 fully saturated rings. The summed E-state index contributed by atoms with van der Waals surface area (Å²) in [6.07, 6.45) is 3.92. The van der Waals surface area contributed by atoms with Gasteiger partial charge in [-0.2, -0.15) is 0 Å². The van der Waals surface area contributed by atoms with Crippen molar-refractivity contribution in [1.82, 2.24) is 9.88 Å². The number of sulfonamides is 1. The molecule has 1 atom stereocenters. The molecule has 3 aliphatic rings. The Kier molecular flexibility index (Phi) is 3.64. The molecule has 1 aromatic carbocycles. The third kappa shape index (κ3) is 2.74. The first kappa shape index (κ1) is 16.8. The van der Waals surface area contributed by atoms with Crippen molar-refractivity contribution in [3.05, 3.63) is 47.8 Å². The summed E-state index contributed by atoms with van der Waals surface area (Å²) in [6, 6.07) is 9.69. The van der Waals surface area contributed by atoms with Gasteiger partial charge in [-0.15, -0.1) is 0 Å². The summed E-state index contributed by atoms with van der Waals surface area (Å²) in [6.45, 7) is 3.23. The van der Waals surface area contributed by atoms with Gasteiger partial charge in [0.2, 0.25) is 16.8 Å². The van der Waals surface area contributed by atoms with Crippen molar-refractivity contribution in [1.29, 1.82) is 0 Å². The van der Waals surface area contributed by atoms with Crippen LogP contribution in [0.25, 0.3) is 0 Å². The molecule has 1 saturated heterocycles. The number of rotatable bonds is 3. The number of nitrogens with zero attached hydrogens (tertiary/aromatic N) is 3. The summed E-state index contributed by atoms with van der Waals surface area (Å²) < 4.78 is 36.9. The predicted octanol–water partition coefficient (Wildman–Crippen LogP) is 1.73. The van der Waals surface area contributed by atoms with E-state index in [4.69, 9.17) is 9.47 Å². The molecule has 4 heterocycles. The van der Waals surface area contributed by atoms with E-state index in [1.807, 2.05) is 18.2 Å². The Labute approximate surface area is 158 Å². The lowest BCUT2D eigenvalue weighted by Gasteiger charge is -2.25. The summed E-state index contributed by atoms with van der Waals surface area (Å²) >= 11 is 0. The molecule has 0 amide bonds. The second-order valence-electron chi connectivity index (χ2n) is 7.57. The number of hydrogen-bond acceptors (Lipinski definition) is 6. The first-order chi connectivity index (χ1) is 12.9. The van der Waals surface area contributed by atoms with E-state index in [0.717, 1.165) is 54.5 Å². The van der Waals surface area contributed by atoms with Gasteiger partial charge in [-0.25, -0.2) is 8.42 Å². The van der Waals surface area contributed by atoms with Crippen molar-refractivity contribution in [2.45, 2.75) is 18.4 Å². The largest absolute Gasteiger partial charge is 0.454 e. The second kappa shape index (κ2) is 5.84. The summed E-state index contributed by atoms with van der Waals surface area (Å²) in [4.78, 5) is 6.94. The third-order valence-electron chi connectivity index (χ3n) is 5.68. The number of likely N-dealkylation sites (tertiary alicyclic amines) is 1. The standard InChI is InChI=1S/C19H21N3O4S/c1-27(23,24)22-12-19(18-15(22)3-2-7-20-18)6-8-21(11-19)10-14-4-5-16-17(9-14)26-13-25-16/h2-5,7,9H,6,8,10-13H2,1H3/t19-/m0/s1. The van der Waals surface area contributed by atoms with Gasteiger partial charge in [-0.1, -0.05) is 6.07 Å². The molecule has 1 spiro atoms. The monoisotopic (exact) mass is 387 g/mol. The van der Waals surface area contributed by atoms with E-state index in [2.05, 4.69) is 16.0 Å². The number of ether oxygens (including phenoxy) is 2. The van der Waals surface area contributed by atoms with Gasteiger partial charge in [0.1, 0.15) is 0 Å². The maximum atomic E-state index is 12.3. The number of hydrogen-bond donors (Lipinski definition) is 0. The fraction of sp³-hybridized carbons (Fsp3) is 0.421. The minimum absolute atomic E-state index is 0.240. The topological polar surface area (TPSA) is 72.0 Å². The highest BCUT2D eigenvalue weighted by atomic mass is 32.2. The number of pyridine rings is 1. The van der Waals surface area contributed by atoms with Crippen LogP contribution in [0.3, 0.4) is 0 Å². The molecular weight excluding hydrogens is 366 g/mol. The molecule has 2 aromatic rings. The van der Waals surface area contributed by atoms with Crippen LogP contribution in [0.15, 0.2) is 36.5 Å². The Bertz CT molecular complexity index is 1010. The van der Waals surface area contributed by atoms with Gasteiger partial charge < -0.3 is 9.47 Å². The van der Waals surface area contributed by atoms with Crippen LogP contribution in [0.5, 0.6) is 11.5 Å². The molecule has 7 nitrogen and oxygen atoms in total. The molecule has 1 aromatic heterocycles. The van der Waals surface area contributed by atoms with Crippen molar-refractivity contribution in [3.8, 4) is 11.5 Å². The van der Waals surface area contributed by atoms with Gasteiger partial charge in [-0.05, 0) is 42.8 Å². The van der Waals surface area contributed by atoms with Gasteiger partial charge in [0.25, 0.3) is 0 Å². The average molecular weight is 387 g/mol. The Morgan fingerprint density at radius 2 is 2.04 bits per heavy atom. The van der Waals surface area contributed by atoms with Crippen LogP contribution in [0.4, 0.5) is 5.69 Å². The summed E-state index contributed by atoms with van der Waals surface area (Å²) in [5.41, 5.74) is 2.56. The van der Waals surface area contributed by atoms with Crippen LogP contribution < -0.4 is 13.8 Å². The minimum atomic E-state index is -3.32. The summed E-state index contributed by atoms with van der Waals surface area (Å²) in [5, 5.41) is 0. The molecule has 27 heavy (non-hydrogen) atoms. The quantitative estimate of drug-likeness (QED) is 0.799. The zero-order chi connectivity index (χ0) is 18.6. The van der Waals surface area contributed by atoms with E-state index in [-0.39, 0.29) is 12.2 Å². The first-order valence-electron chi connectivity index (χ1n) is 8.99. The molecule has 0 aliphatic carbocycles. The fourth-order valence-corrected chi connectivity index (χ4v) is 5.44. The minimum Gasteiger partial charge on any atom is -0.454 e. The van der Waals surface area contributed by atoms with Gasteiger partial charge in [0.15, 0.2) is 11.5 Å². The SMILES string of the molecule is CS(=O)(=O)N1C[C@@]2(CCN(Cc3ccc4c(c3)OCO4)C2)c2ncccc21. The van der Waals surface area contributed by atoms with E-state index >= 15 is 0 Å². The second-order valence-corrected chi connectivity index (χ2v) is 9.48. The van der Waals surface area contributed by atoms with Crippen molar-refractivity contribution in [2.24, 2.45) is 0 Å². The van der Waals surface area contributed by atoms with E-state index in [9.17, 15) is 8.42 Å². The van der Waals surface area contributed by atoms with E-state index in [0.29, 0.717) is 6.54 Å². The molecular formula is C19H21N3O4S. The molecule has 0 N–H and O–H groups in total. The van der Waals surface area contributed by atoms with E-state index in [1.54, 1.807) is 12.3 Å². The number of fused-ring (bicyclic) bond motifs is 3. The number of anilines is 1. The fourth-order valence-electron chi connectivity index (χ4n) is 4.45. The van der Waals surface area contributed by atoms with Gasteiger partial charge in [0, 0.05) is 31.2 Å². The molecule has 5 rings (SSSR count). The van der Waals surface area contributed by atoms with Crippen molar-refractivity contribution in [2.75, 3.05) is 37.0 Å². The van der Waals surface area contributed by atoms with Crippen LogP contribution in [0.2, 0.25) is 0 Å².